The minimum absolute atomic E-state index is 0.131. The molecule has 0 aliphatic rings. The first-order valence-electron chi connectivity index (χ1n) is 5.96. The lowest BCUT2D eigenvalue weighted by molar-refractivity contribution is -0.120. The lowest BCUT2D eigenvalue weighted by atomic mass is 10.1. The molecule has 0 unspecified atom stereocenters. The molecule has 2 rings (SSSR count). The van der Waals surface area contributed by atoms with E-state index in [1.165, 1.54) is 12.1 Å². The van der Waals surface area contributed by atoms with Crippen molar-refractivity contribution in [3.8, 4) is 11.5 Å². The summed E-state index contributed by atoms with van der Waals surface area (Å²) in [7, 11) is 0. The van der Waals surface area contributed by atoms with Gasteiger partial charge in [-0.15, -0.1) is 0 Å². The minimum Gasteiger partial charge on any atom is -0.504 e. The van der Waals surface area contributed by atoms with Gasteiger partial charge in [-0.25, -0.2) is 0 Å². The smallest absolute Gasteiger partial charge is 0.224 e. The Hall–Kier alpha value is -2.49. The average Bonchev–Trinajstić information content (AvgIpc) is 2.42. The summed E-state index contributed by atoms with van der Waals surface area (Å²) >= 11 is 0. The van der Waals surface area contributed by atoms with Crippen LogP contribution >= 0.6 is 0 Å². The van der Waals surface area contributed by atoms with Gasteiger partial charge in [0.25, 0.3) is 0 Å². The highest BCUT2D eigenvalue weighted by atomic mass is 16.3. The number of hydrogen-bond acceptors (Lipinski definition) is 3. The summed E-state index contributed by atoms with van der Waals surface area (Å²) in [5.41, 5.74) is 1.69. The van der Waals surface area contributed by atoms with Gasteiger partial charge in [0, 0.05) is 6.54 Å². The Morgan fingerprint density at radius 3 is 2.37 bits per heavy atom. The van der Waals surface area contributed by atoms with E-state index in [0.29, 0.717) is 12.1 Å². The molecular formula is C15H15NO3. The van der Waals surface area contributed by atoms with Gasteiger partial charge in [-0.3, -0.25) is 4.79 Å². The molecule has 0 fully saturated rings. The summed E-state index contributed by atoms with van der Waals surface area (Å²) in [5.74, 6) is -0.532. The predicted octanol–water partition coefficient (Wildman–Crippen LogP) is 1.96. The zero-order valence-electron chi connectivity index (χ0n) is 10.3. The summed E-state index contributed by atoms with van der Waals surface area (Å²) in [6, 6.07) is 14.0. The molecule has 0 bridgehead atoms. The molecular weight excluding hydrogens is 242 g/mol. The van der Waals surface area contributed by atoms with Crippen molar-refractivity contribution in [3.05, 3.63) is 59.7 Å². The van der Waals surface area contributed by atoms with Crippen LogP contribution in [0.25, 0.3) is 0 Å². The molecule has 0 aliphatic carbocycles. The van der Waals surface area contributed by atoms with Crippen LogP contribution < -0.4 is 5.32 Å². The number of phenolic OH excluding ortho intramolecular Hbond substituents is 2. The maximum absolute atomic E-state index is 11.7. The van der Waals surface area contributed by atoms with E-state index in [1.807, 2.05) is 30.3 Å². The number of benzene rings is 2. The normalized spacial score (nSPS) is 10.1. The Morgan fingerprint density at radius 2 is 1.68 bits per heavy atom. The third kappa shape index (κ3) is 3.74. The molecule has 0 heterocycles. The zero-order valence-corrected chi connectivity index (χ0v) is 10.3. The summed E-state index contributed by atoms with van der Waals surface area (Å²) < 4.78 is 0. The largest absolute Gasteiger partial charge is 0.504 e. The van der Waals surface area contributed by atoms with E-state index in [0.717, 1.165) is 5.56 Å². The second-order valence-electron chi connectivity index (χ2n) is 4.26. The molecule has 4 nitrogen and oxygen atoms in total. The number of phenols is 2. The molecule has 2 aromatic carbocycles. The predicted molar refractivity (Wildman–Crippen MR) is 71.8 cm³/mol. The fourth-order valence-corrected chi connectivity index (χ4v) is 1.72. The summed E-state index contributed by atoms with van der Waals surface area (Å²) in [6.07, 6.45) is 0.167. The standard InChI is InChI=1S/C15H15NO3/c17-13-7-6-12(8-14(13)18)9-15(19)16-10-11-4-2-1-3-5-11/h1-8,17-18H,9-10H2,(H,16,19). The van der Waals surface area contributed by atoms with E-state index < -0.39 is 0 Å². The third-order valence-corrected chi connectivity index (χ3v) is 2.74. The summed E-state index contributed by atoms with van der Waals surface area (Å²) in [4.78, 5) is 11.7. The van der Waals surface area contributed by atoms with E-state index in [1.54, 1.807) is 6.07 Å². The Bertz CT molecular complexity index is 567. The van der Waals surface area contributed by atoms with E-state index in [2.05, 4.69) is 5.32 Å². The van der Waals surface area contributed by atoms with Crippen molar-refractivity contribution < 1.29 is 15.0 Å². The Labute approximate surface area is 111 Å². The van der Waals surface area contributed by atoms with E-state index in [-0.39, 0.29) is 23.8 Å². The molecule has 19 heavy (non-hydrogen) atoms. The van der Waals surface area contributed by atoms with Crippen LogP contribution in [-0.2, 0) is 17.8 Å². The number of nitrogens with one attached hydrogen (secondary N) is 1. The van der Waals surface area contributed by atoms with Crippen molar-refractivity contribution in [1.29, 1.82) is 0 Å². The van der Waals surface area contributed by atoms with Gasteiger partial charge in [0.05, 0.1) is 6.42 Å². The number of hydrogen-bond donors (Lipinski definition) is 3. The minimum atomic E-state index is -0.214. The van der Waals surface area contributed by atoms with Gasteiger partial charge in [0.1, 0.15) is 0 Å². The Kier molecular flexibility index (Phi) is 4.03. The van der Waals surface area contributed by atoms with Crippen LogP contribution in [0.2, 0.25) is 0 Å². The summed E-state index contributed by atoms with van der Waals surface area (Å²) in [6.45, 7) is 0.476. The van der Waals surface area contributed by atoms with E-state index >= 15 is 0 Å². The van der Waals surface area contributed by atoms with Crippen molar-refractivity contribution >= 4 is 5.91 Å². The van der Waals surface area contributed by atoms with Crippen LogP contribution in [0.15, 0.2) is 48.5 Å². The molecule has 2 aromatic rings. The Balaban J connectivity index is 1.89. The highest BCUT2D eigenvalue weighted by Crippen LogP contribution is 2.24. The number of aromatic hydroxyl groups is 2. The molecule has 0 saturated carbocycles. The highest BCUT2D eigenvalue weighted by molar-refractivity contribution is 5.78. The topological polar surface area (TPSA) is 69.6 Å². The molecule has 98 valence electrons. The maximum atomic E-state index is 11.7. The molecule has 0 atom stereocenters. The van der Waals surface area contributed by atoms with E-state index in [9.17, 15) is 15.0 Å². The first-order valence-corrected chi connectivity index (χ1v) is 5.96. The van der Waals surface area contributed by atoms with Gasteiger partial charge >= 0.3 is 0 Å². The second kappa shape index (κ2) is 5.91. The molecule has 0 aliphatic heterocycles. The van der Waals surface area contributed by atoms with Crippen LogP contribution in [0.1, 0.15) is 11.1 Å². The Morgan fingerprint density at radius 1 is 0.947 bits per heavy atom. The molecule has 0 aromatic heterocycles. The number of carbonyl (C=O) groups excluding carboxylic acids is 1. The van der Waals surface area contributed by atoms with Gasteiger partial charge in [-0.05, 0) is 23.3 Å². The van der Waals surface area contributed by atoms with Crippen molar-refractivity contribution in [2.24, 2.45) is 0 Å². The average molecular weight is 257 g/mol. The SMILES string of the molecule is O=C(Cc1ccc(O)c(O)c1)NCc1ccccc1. The maximum Gasteiger partial charge on any atom is 0.224 e. The van der Waals surface area contributed by atoms with Gasteiger partial charge in [0.15, 0.2) is 11.5 Å². The number of rotatable bonds is 4. The van der Waals surface area contributed by atoms with Crippen molar-refractivity contribution in [2.45, 2.75) is 13.0 Å². The quantitative estimate of drug-likeness (QED) is 0.733. The fourth-order valence-electron chi connectivity index (χ4n) is 1.72. The van der Waals surface area contributed by atoms with Crippen LogP contribution in [-0.4, -0.2) is 16.1 Å². The molecule has 0 radical (unpaired) electrons. The monoisotopic (exact) mass is 257 g/mol. The third-order valence-electron chi connectivity index (χ3n) is 2.74. The molecule has 4 heteroatoms. The molecule has 3 N–H and O–H groups in total. The zero-order chi connectivity index (χ0) is 13.7. The van der Waals surface area contributed by atoms with Gasteiger partial charge in [-0.1, -0.05) is 36.4 Å². The first kappa shape index (κ1) is 13.0. The van der Waals surface area contributed by atoms with Crippen LogP contribution in [0.3, 0.4) is 0 Å². The van der Waals surface area contributed by atoms with Gasteiger partial charge in [-0.2, -0.15) is 0 Å². The lowest BCUT2D eigenvalue weighted by Gasteiger charge is -2.06. The van der Waals surface area contributed by atoms with Crippen molar-refractivity contribution in [2.75, 3.05) is 0 Å². The van der Waals surface area contributed by atoms with Gasteiger partial charge in [0.2, 0.25) is 5.91 Å². The molecule has 0 saturated heterocycles. The van der Waals surface area contributed by atoms with Crippen molar-refractivity contribution in [3.63, 3.8) is 0 Å². The lowest BCUT2D eigenvalue weighted by Crippen LogP contribution is -2.24. The highest BCUT2D eigenvalue weighted by Gasteiger charge is 2.06. The van der Waals surface area contributed by atoms with E-state index in [4.69, 9.17) is 0 Å². The first-order chi connectivity index (χ1) is 9.15. The number of carbonyl (C=O) groups is 1. The van der Waals surface area contributed by atoms with Crippen molar-refractivity contribution in [1.82, 2.24) is 5.32 Å². The fraction of sp³-hybridized carbons (Fsp3) is 0.133. The van der Waals surface area contributed by atoms with Crippen LogP contribution in [0, 0.1) is 0 Å². The number of amides is 1. The summed E-state index contributed by atoms with van der Waals surface area (Å²) in [5, 5.41) is 21.3. The van der Waals surface area contributed by atoms with Gasteiger partial charge < -0.3 is 15.5 Å². The second-order valence-corrected chi connectivity index (χ2v) is 4.26. The van der Waals surface area contributed by atoms with Crippen LogP contribution in [0.5, 0.6) is 11.5 Å². The van der Waals surface area contributed by atoms with Crippen LogP contribution in [0.4, 0.5) is 0 Å². The molecule has 1 amide bonds. The molecule has 0 spiro atoms.